The lowest BCUT2D eigenvalue weighted by Gasteiger charge is -2.25. The van der Waals surface area contributed by atoms with Crippen LogP contribution < -0.4 is 0 Å². The lowest BCUT2D eigenvalue weighted by atomic mass is 10.0. The van der Waals surface area contributed by atoms with Gasteiger partial charge in [0, 0.05) is 20.1 Å². The van der Waals surface area contributed by atoms with Crippen LogP contribution in [0.5, 0.6) is 0 Å². The van der Waals surface area contributed by atoms with Gasteiger partial charge in [-0.05, 0) is 12.5 Å². The summed E-state index contributed by atoms with van der Waals surface area (Å²) in [4.78, 5) is 13.5. The highest BCUT2D eigenvalue weighted by molar-refractivity contribution is 5.88. The Kier molecular flexibility index (Phi) is 6.02. The maximum Gasteiger partial charge on any atom is 0.339 e. The average Bonchev–Trinajstić information content (AvgIpc) is 2.76. The summed E-state index contributed by atoms with van der Waals surface area (Å²) < 4.78 is 1.67. The molecule has 1 rings (SSSR count). The van der Waals surface area contributed by atoms with Crippen molar-refractivity contribution in [3.05, 3.63) is 17.5 Å². The van der Waals surface area contributed by atoms with E-state index in [1.807, 2.05) is 0 Å². The third kappa shape index (κ3) is 4.06. The predicted molar refractivity (Wildman–Crippen MR) is 75.2 cm³/mol. The van der Waals surface area contributed by atoms with Crippen LogP contribution in [-0.2, 0) is 13.6 Å². The first-order valence-electron chi connectivity index (χ1n) is 6.99. The van der Waals surface area contributed by atoms with Gasteiger partial charge in [0.2, 0.25) is 0 Å². The van der Waals surface area contributed by atoms with Crippen molar-refractivity contribution in [3.8, 4) is 0 Å². The molecule has 0 spiro atoms. The van der Waals surface area contributed by atoms with Gasteiger partial charge in [-0.1, -0.05) is 33.6 Å². The van der Waals surface area contributed by atoms with Crippen LogP contribution in [0.25, 0.3) is 0 Å². The van der Waals surface area contributed by atoms with Crippen LogP contribution in [0.4, 0.5) is 0 Å². The third-order valence-corrected chi connectivity index (χ3v) is 3.78. The van der Waals surface area contributed by atoms with E-state index >= 15 is 0 Å². The molecule has 1 aromatic heterocycles. The van der Waals surface area contributed by atoms with E-state index in [4.69, 9.17) is 5.11 Å². The molecule has 0 fully saturated rings. The van der Waals surface area contributed by atoms with E-state index in [-0.39, 0.29) is 0 Å². The first-order valence-corrected chi connectivity index (χ1v) is 6.99. The zero-order valence-electron chi connectivity index (χ0n) is 12.4. The normalized spacial score (nSPS) is 11.5. The molecule has 0 aliphatic heterocycles. The lowest BCUT2D eigenvalue weighted by Crippen LogP contribution is -2.30. The number of nitrogens with zero attached hydrogens (tertiary/aromatic N) is 3. The zero-order chi connectivity index (χ0) is 14.4. The quantitative estimate of drug-likeness (QED) is 0.785. The number of hydrogen-bond donors (Lipinski definition) is 1. The van der Waals surface area contributed by atoms with E-state index in [1.165, 1.54) is 6.20 Å². The highest BCUT2D eigenvalue weighted by atomic mass is 16.4. The molecule has 0 saturated carbocycles. The molecule has 5 heteroatoms. The number of aromatic carboxylic acids is 1. The Labute approximate surface area is 115 Å². The predicted octanol–water partition coefficient (Wildman–Crippen LogP) is 2.38. The minimum Gasteiger partial charge on any atom is -0.478 e. The molecule has 0 unspecified atom stereocenters. The molecule has 0 aliphatic rings. The molecule has 0 amide bonds. The molecule has 0 radical (unpaired) electrons. The molecule has 0 atom stereocenters. The summed E-state index contributed by atoms with van der Waals surface area (Å²) in [6.07, 6.45) is 3.75. The van der Waals surface area contributed by atoms with Gasteiger partial charge in [0.25, 0.3) is 0 Å². The SMILES string of the molecule is CCC(CC)CN(CC)Cc1c(C(=O)O)cnn1C. The fourth-order valence-electron chi connectivity index (χ4n) is 2.26. The Balaban J connectivity index is 2.81. The Morgan fingerprint density at radius 3 is 2.53 bits per heavy atom. The summed E-state index contributed by atoms with van der Waals surface area (Å²) in [7, 11) is 1.80. The first kappa shape index (κ1) is 15.7. The van der Waals surface area contributed by atoms with Gasteiger partial charge in [0.15, 0.2) is 0 Å². The maximum absolute atomic E-state index is 11.2. The highest BCUT2D eigenvalue weighted by Gasteiger charge is 2.18. The summed E-state index contributed by atoms with van der Waals surface area (Å²) in [5.74, 6) is -0.233. The number of aromatic nitrogens is 2. The molecule has 1 N–H and O–H groups in total. The molecule has 108 valence electrons. The number of hydrogen-bond acceptors (Lipinski definition) is 3. The van der Waals surface area contributed by atoms with E-state index in [0.29, 0.717) is 18.0 Å². The Morgan fingerprint density at radius 1 is 1.42 bits per heavy atom. The number of rotatable bonds is 8. The fraction of sp³-hybridized carbons (Fsp3) is 0.714. The van der Waals surface area contributed by atoms with Gasteiger partial charge < -0.3 is 5.11 Å². The number of aryl methyl sites for hydroxylation is 1. The lowest BCUT2D eigenvalue weighted by molar-refractivity contribution is 0.0694. The smallest absolute Gasteiger partial charge is 0.339 e. The van der Waals surface area contributed by atoms with Crippen LogP contribution in [0.1, 0.15) is 49.7 Å². The van der Waals surface area contributed by atoms with Crippen LogP contribution in [0.3, 0.4) is 0 Å². The summed E-state index contributed by atoms with van der Waals surface area (Å²) in [6, 6.07) is 0. The maximum atomic E-state index is 11.2. The largest absolute Gasteiger partial charge is 0.478 e. The summed E-state index contributed by atoms with van der Waals surface area (Å²) in [6.45, 7) is 9.09. The molecule has 19 heavy (non-hydrogen) atoms. The molecule has 0 aromatic carbocycles. The molecule has 0 bridgehead atoms. The Hall–Kier alpha value is -1.36. The molecule has 0 saturated heterocycles. The fourth-order valence-corrected chi connectivity index (χ4v) is 2.26. The minimum atomic E-state index is -0.901. The second kappa shape index (κ2) is 7.28. The summed E-state index contributed by atoms with van der Waals surface area (Å²) in [5, 5.41) is 13.2. The van der Waals surface area contributed by atoms with Crippen LogP contribution >= 0.6 is 0 Å². The Bertz CT molecular complexity index is 411. The second-order valence-corrected chi connectivity index (χ2v) is 4.94. The van der Waals surface area contributed by atoms with Crippen molar-refractivity contribution in [3.63, 3.8) is 0 Å². The van der Waals surface area contributed by atoms with E-state index < -0.39 is 5.97 Å². The second-order valence-electron chi connectivity index (χ2n) is 4.94. The Morgan fingerprint density at radius 2 is 2.05 bits per heavy atom. The van der Waals surface area contributed by atoms with Crippen LogP contribution in [0.15, 0.2) is 6.20 Å². The zero-order valence-corrected chi connectivity index (χ0v) is 12.4. The van der Waals surface area contributed by atoms with Crippen molar-refractivity contribution in [1.82, 2.24) is 14.7 Å². The average molecular weight is 267 g/mol. The van der Waals surface area contributed by atoms with Gasteiger partial charge in [-0.15, -0.1) is 0 Å². The van der Waals surface area contributed by atoms with Crippen molar-refractivity contribution < 1.29 is 9.90 Å². The molecule has 0 aliphatic carbocycles. The molecular formula is C14H25N3O2. The van der Waals surface area contributed by atoms with Crippen LogP contribution in [0.2, 0.25) is 0 Å². The van der Waals surface area contributed by atoms with Gasteiger partial charge in [-0.3, -0.25) is 9.58 Å². The van der Waals surface area contributed by atoms with E-state index in [1.54, 1.807) is 11.7 Å². The molecule has 1 aromatic rings. The standard InChI is InChI=1S/C14H25N3O2/c1-5-11(6-2)9-17(7-3)10-13-12(14(18)19)8-15-16(13)4/h8,11H,5-7,9-10H2,1-4H3,(H,18,19). The summed E-state index contributed by atoms with van der Waals surface area (Å²) in [5.41, 5.74) is 1.09. The molecular weight excluding hydrogens is 242 g/mol. The monoisotopic (exact) mass is 267 g/mol. The number of carboxylic acids is 1. The van der Waals surface area contributed by atoms with Crippen molar-refractivity contribution in [1.29, 1.82) is 0 Å². The van der Waals surface area contributed by atoms with Gasteiger partial charge in [0.05, 0.1) is 11.9 Å². The van der Waals surface area contributed by atoms with Gasteiger partial charge in [-0.25, -0.2) is 4.79 Å². The van der Waals surface area contributed by atoms with Crippen molar-refractivity contribution in [2.45, 2.75) is 40.2 Å². The first-order chi connectivity index (χ1) is 9.03. The topological polar surface area (TPSA) is 58.4 Å². The van der Waals surface area contributed by atoms with Crippen LogP contribution in [0, 0.1) is 5.92 Å². The van der Waals surface area contributed by atoms with E-state index in [9.17, 15) is 4.79 Å². The van der Waals surface area contributed by atoms with E-state index in [2.05, 4.69) is 30.8 Å². The van der Waals surface area contributed by atoms with Gasteiger partial charge in [-0.2, -0.15) is 5.10 Å². The van der Waals surface area contributed by atoms with E-state index in [0.717, 1.165) is 31.6 Å². The summed E-state index contributed by atoms with van der Waals surface area (Å²) >= 11 is 0. The van der Waals surface area contributed by atoms with Crippen molar-refractivity contribution in [2.24, 2.45) is 13.0 Å². The minimum absolute atomic E-state index is 0.311. The van der Waals surface area contributed by atoms with Crippen molar-refractivity contribution >= 4 is 5.97 Å². The van der Waals surface area contributed by atoms with Crippen molar-refractivity contribution in [2.75, 3.05) is 13.1 Å². The van der Waals surface area contributed by atoms with Crippen LogP contribution in [-0.4, -0.2) is 38.8 Å². The van der Waals surface area contributed by atoms with Gasteiger partial charge in [0.1, 0.15) is 5.56 Å². The highest BCUT2D eigenvalue weighted by Crippen LogP contribution is 2.15. The number of carboxylic acid groups (broad SMARTS) is 1. The molecule has 1 heterocycles. The third-order valence-electron chi connectivity index (χ3n) is 3.78. The molecule has 5 nitrogen and oxygen atoms in total. The van der Waals surface area contributed by atoms with Gasteiger partial charge >= 0.3 is 5.97 Å². The number of carbonyl (C=O) groups is 1.